The molecule has 0 saturated carbocycles. The predicted octanol–water partition coefficient (Wildman–Crippen LogP) is 2.89. The summed E-state index contributed by atoms with van der Waals surface area (Å²) in [4.78, 5) is 11.9. The standard InChI is InChI=1S/C20H25NO5/c1-14-5-6-19(15(2)9-14)25-8-7-21-20(22)13-26-18-11-16(23-3)10-17(12-18)24-4/h5-6,9-12H,7-8,13H2,1-4H3,(H,21,22). The summed E-state index contributed by atoms with van der Waals surface area (Å²) in [5.41, 5.74) is 2.26. The number of carbonyl (C=O) groups is 1. The zero-order chi connectivity index (χ0) is 18.9. The van der Waals surface area contributed by atoms with Crippen LogP contribution in [0.5, 0.6) is 23.0 Å². The van der Waals surface area contributed by atoms with Crippen molar-refractivity contribution in [3.05, 3.63) is 47.5 Å². The van der Waals surface area contributed by atoms with Gasteiger partial charge in [-0.3, -0.25) is 4.79 Å². The van der Waals surface area contributed by atoms with E-state index in [0.29, 0.717) is 30.4 Å². The summed E-state index contributed by atoms with van der Waals surface area (Å²) in [7, 11) is 3.11. The first-order valence-corrected chi connectivity index (χ1v) is 8.34. The van der Waals surface area contributed by atoms with Gasteiger partial charge < -0.3 is 24.3 Å². The molecule has 6 nitrogen and oxygen atoms in total. The number of methoxy groups -OCH3 is 2. The van der Waals surface area contributed by atoms with Gasteiger partial charge in [0.25, 0.3) is 5.91 Å². The minimum absolute atomic E-state index is 0.0973. The van der Waals surface area contributed by atoms with Crippen molar-refractivity contribution in [1.29, 1.82) is 0 Å². The molecule has 0 aliphatic heterocycles. The molecule has 0 bridgehead atoms. The van der Waals surface area contributed by atoms with Crippen LogP contribution >= 0.6 is 0 Å². The molecule has 2 aromatic carbocycles. The third-order valence-corrected chi connectivity index (χ3v) is 3.71. The largest absolute Gasteiger partial charge is 0.496 e. The lowest BCUT2D eigenvalue weighted by Crippen LogP contribution is -2.32. The SMILES string of the molecule is COc1cc(OC)cc(OCC(=O)NCCOc2ccc(C)cc2C)c1. The number of nitrogens with one attached hydrogen (secondary N) is 1. The van der Waals surface area contributed by atoms with Crippen molar-refractivity contribution in [1.82, 2.24) is 5.32 Å². The van der Waals surface area contributed by atoms with Gasteiger partial charge in [0.1, 0.15) is 29.6 Å². The topological polar surface area (TPSA) is 66.0 Å². The Bertz CT molecular complexity index is 723. The summed E-state index contributed by atoms with van der Waals surface area (Å²) in [6.07, 6.45) is 0. The fraction of sp³-hybridized carbons (Fsp3) is 0.350. The summed E-state index contributed by atoms with van der Waals surface area (Å²) < 4.78 is 21.5. The molecule has 0 unspecified atom stereocenters. The predicted molar refractivity (Wildman–Crippen MR) is 99.5 cm³/mol. The van der Waals surface area contributed by atoms with Gasteiger partial charge in [0.2, 0.25) is 0 Å². The zero-order valence-corrected chi connectivity index (χ0v) is 15.6. The molecule has 26 heavy (non-hydrogen) atoms. The first-order chi connectivity index (χ1) is 12.5. The van der Waals surface area contributed by atoms with E-state index in [-0.39, 0.29) is 12.5 Å². The van der Waals surface area contributed by atoms with Crippen molar-refractivity contribution in [3.8, 4) is 23.0 Å². The smallest absolute Gasteiger partial charge is 0.258 e. The van der Waals surface area contributed by atoms with E-state index in [4.69, 9.17) is 18.9 Å². The molecule has 1 N–H and O–H groups in total. The average molecular weight is 359 g/mol. The molecule has 0 heterocycles. The number of amides is 1. The second-order valence-electron chi connectivity index (χ2n) is 5.80. The lowest BCUT2D eigenvalue weighted by atomic mass is 10.1. The molecule has 0 atom stereocenters. The van der Waals surface area contributed by atoms with Gasteiger partial charge in [0.15, 0.2) is 6.61 Å². The summed E-state index contributed by atoms with van der Waals surface area (Å²) in [6, 6.07) is 11.1. The van der Waals surface area contributed by atoms with Gasteiger partial charge in [-0.25, -0.2) is 0 Å². The molecule has 6 heteroatoms. The van der Waals surface area contributed by atoms with E-state index in [1.54, 1.807) is 32.4 Å². The van der Waals surface area contributed by atoms with Gasteiger partial charge in [-0.2, -0.15) is 0 Å². The lowest BCUT2D eigenvalue weighted by Gasteiger charge is -2.12. The van der Waals surface area contributed by atoms with Crippen molar-refractivity contribution >= 4 is 5.91 Å². The highest BCUT2D eigenvalue weighted by atomic mass is 16.5. The number of ether oxygens (including phenoxy) is 4. The Morgan fingerprint density at radius 3 is 2.19 bits per heavy atom. The number of hydrogen-bond acceptors (Lipinski definition) is 5. The first-order valence-electron chi connectivity index (χ1n) is 8.34. The highest BCUT2D eigenvalue weighted by Gasteiger charge is 2.06. The van der Waals surface area contributed by atoms with Gasteiger partial charge in [-0.05, 0) is 25.5 Å². The summed E-state index contributed by atoms with van der Waals surface area (Å²) >= 11 is 0. The molecule has 0 aliphatic rings. The van der Waals surface area contributed by atoms with E-state index in [1.165, 1.54) is 5.56 Å². The van der Waals surface area contributed by atoms with Crippen molar-refractivity contribution < 1.29 is 23.7 Å². The van der Waals surface area contributed by atoms with E-state index in [1.807, 2.05) is 26.0 Å². The van der Waals surface area contributed by atoms with Crippen LogP contribution in [0.15, 0.2) is 36.4 Å². The molecule has 0 fully saturated rings. The van der Waals surface area contributed by atoms with Crippen LogP contribution < -0.4 is 24.3 Å². The molecule has 0 spiro atoms. The average Bonchev–Trinajstić information content (AvgIpc) is 2.64. The highest BCUT2D eigenvalue weighted by molar-refractivity contribution is 5.77. The number of benzene rings is 2. The Balaban J connectivity index is 1.74. The fourth-order valence-electron chi connectivity index (χ4n) is 2.38. The quantitative estimate of drug-likeness (QED) is 0.698. The normalized spacial score (nSPS) is 10.2. The van der Waals surface area contributed by atoms with Gasteiger partial charge >= 0.3 is 0 Å². The minimum Gasteiger partial charge on any atom is -0.496 e. The number of hydrogen-bond donors (Lipinski definition) is 1. The Morgan fingerprint density at radius 1 is 0.923 bits per heavy atom. The van der Waals surface area contributed by atoms with Gasteiger partial charge in [-0.15, -0.1) is 0 Å². The van der Waals surface area contributed by atoms with Crippen LogP contribution in [0.1, 0.15) is 11.1 Å². The third kappa shape index (κ3) is 5.88. The van der Waals surface area contributed by atoms with Crippen molar-refractivity contribution in [2.24, 2.45) is 0 Å². The molecule has 2 aromatic rings. The highest BCUT2D eigenvalue weighted by Crippen LogP contribution is 2.27. The lowest BCUT2D eigenvalue weighted by molar-refractivity contribution is -0.123. The molecule has 0 radical (unpaired) electrons. The Labute approximate surface area is 154 Å². The fourth-order valence-corrected chi connectivity index (χ4v) is 2.38. The number of aryl methyl sites for hydroxylation is 2. The number of carbonyl (C=O) groups excluding carboxylic acids is 1. The maximum atomic E-state index is 11.9. The van der Waals surface area contributed by atoms with Crippen molar-refractivity contribution in [2.75, 3.05) is 34.0 Å². The van der Waals surface area contributed by atoms with Gasteiger partial charge in [-0.1, -0.05) is 17.7 Å². The van der Waals surface area contributed by atoms with Gasteiger partial charge in [0, 0.05) is 18.2 Å². The Hall–Kier alpha value is -2.89. The minimum atomic E-state index is -0.226. The van der Waals surface area contributed by atoms with Crippen LogP contribution in [0.2, 0.25) is 0 Å². The molecular formula is C20H25NO5. The van der Waals surface area contributed by atoms with Gasteiger partial charge in [0.05, 0.1) is 20.8 Å². The van der Waals surface area contributed by atoms with Crippen LogP contribution in [0.25, 0.3) is 0 Å². The van der Waals surface area contributed by atoms with Crippen LogP contribution in [-0.2, 0) is 4.79 Å². The second kappa shape index (κ2) is 9.56. The van der Waals surface area contributed by atoms with Crippen LogP contribution in [0.3, 0.4) is 0 Å². The molecule has 2 rings (SSSR count). The van der Waals surface area contributed by atoms with Crippen LogP contribution in [0.4, 0.5) is 0 Å². The van der Waals surface area contributed by atoms with Crippen LogP contribution in [-0.4, -0.2) is 39.9 Å². The maximum absolute atomic E-state index is 11.9. The van der Waals surface area contributed by atoms with Crippen LogP contribution in [0, 0.1) is 13.8 Å². The van der Waals surface area contributed by atoms with Crippen molar-refractivity contribution in [3.63, 3.8) is 0 Å². The second-order valence-corrected chi connectivity index (χ2v) is 5.80. The summed E-state index contributed by atoms with van der Waals surface area (Å²) in [6.45, 7) is 4.73. The summed E-state index contributed by atoms with van der Waals surface area (Å²) in [5.74, 6) is 2.30. The molecule has 0 aromatic heterocycles. The maximum Gasteiger partial charge on any atom is 0.258 e. The molecule has 0 saturated heterocycles. The Morgan fingerprint density at radius 2 is 1.58 bits per heavy atom. The molecule has 140 valence electrons. The summed E-state index contributed by atoms with van der Waals surface area (Å²) in [5, 5.41) is 2.76. The van der Waals surface area contributed by atoms with E-state index in [9.17, 15) is 4.79 Å². The van der Waals surface area contributed by atoms with E-state index < -0.39 is 0 Å². The zero-order valence-electron chi connectivity index (χ0n) is 15.6. The third-order valence-electron chi connectivity index (χ3n) is 3.71. The van der Waals surface area contributed by atoms with E-state index in [2.05, 4.69) is 11.4 Å². The molecular weight excluding hydrogens is 334 g/mol. The number of rotatable bonds is 9. The Kier molecular flexibility index (Phi) is 7.14. The van der Waals surface area contributed by atoms with Crippen molar-refractivity contribution in [2.45, 2.75) is 13.8 Å². The van der Waals surface area contributed by atoms with E-state index in [0.717, 1.165) is 11.3 Å². The molecule has 0 aliphatic carbocycles. The van der Waals surface area contributed by atoms with E-state index >= 15 is 0 Å². The molecule has 1 amide bonds. The monoisotopic (exact) mass is 359 g/mol. The first kappa shape index (κ1) is 19.4.